The number of nitrogens with zero attached hydrogens (tertiary/aromatic N) is 2. The van der Waals surface area contributed by atoms with E-state index in [0.717, 1.165) is 36.4 Å². The molecule has 148 valence electrons. The van der Waals surface area contributed by atoms with Gasteiger partial charge in [0, 0.05) is 23.9 Å². The van der Waals surface area contributed by atoms with Crippen molar-refractivity contribution in [2.45, 2.75) is 58.0 Å². The van der Waals surface area contributed by atoms with E-state index in [-0.39, 0.29) is 11.9 Å². The predicted octanol–water partition coefficient (Wildman–Crippen LogP) is 3.63. The van der Waals surface area contributed by atoms with Gasteiger partial charge in [-0.1, -0.05) is 29.8 Å². The summed E-state index contributed by atoms with van der Waals surface area (Å²) in [5.41, 5.74) is 3.39. The van der Waals surface area contributed by atoms with Crippen LogP contribution in [-0.4, -0.2) is 40.5 Å². The standard InChI is InChI=1S/C21H26N4O2S/c1-13-5-3-6-15(11-13)12-18-14(2)22-21(28-18)24-20(27)23-17-9-10-25(19(17)26)16-7-4-8-16/h3,5-6,11,16-17H,4,7-10,12H2,1-2H3,(H2,22,23,24,27). The van der Waals surface area contributed by atoms with Gasteiger partial charge < -0.3 is 10.2 Å². The zero-order valence-corrected chi connectivity index (χ0v) is 17.1. The van der Waals surface area contributed by atoms with E-state index in [0.29, 0.717) is 17.6 Å². The number of aryl methyl sites for hydroxylation is 2. The summed E-state index contributed by atoms with van der Waals surface area (Å²) in [6.07, 6.45) is 4.85. The molecule has 2 fully saturated rings. The number of nitrogens with one attached hydrogen (secondary N) is 2. The van der Waals surface area contributed by atoms with Crippen LogP contribution in [0.5, 0.6) is 0 Å². The molecule has 1 aromatic heterocycles. The number of amides is 3. The number of urea groups is 1. The van der Waals surface area contributed by atoms with E-state index in [1.165, 1.54) is 28.9 Å². The maximum absolute atomic E-state index is 12.5. The monoisotopic (exact) mass is 398 g/mol. The Balaban J connectivity index is 1.34. The largest absolute Gasteiger partial charge is 0.338 e. The van der Waals surface area contributed by atoms with Gasteiger partial charge in [-0.2, -0.15) is 0 Å². The molecule has 4 rings (SSSR count). The first kappa shape index (κ1) is 18.9. The lowest BCUT2D eigenvalue weighted by molar-refractivity contribution is -0.132. The fourth-order valence-corrected chi connectivity index (χ4v) is 4.83. The number of likely N-dealkylation sites (tertiary alicyclic amines) is 1. The Morgan fingerprint density at radius 1 is 1.29 bits per heavy atom. The molecular weight excluding hydrogens is 372 g/mol. The molecule has 1 unspecified atom stereocenters. The molecule has 2 aliphatic rings. The third-order valence-electron chi connectivity index (χ3n) is 5.62. The molecule has 0 radical (unpaired) electrons. The number of rotatable bonds is 5. The lowest BCUT2D eigenvalue weighted by Gasteiger charge is -2.34. The molecule has 1 saturated heterocycles. The fraction of sp³-hybridized carbons (Fsp3) is 0.476. The predicted molar refractivity (Wildman–Crippen MR) is 111 cm³/mol. The average Bonchev–Trinajstić information content (AvgIpc) is 3.10. The van der Waals surface area contributed by atoms with Gasteiger partial charge in [-0.3, -0.25) is 10.1 Å². The Hall–Kier alpha value is -2.41. The molecule has 3 amide bonds. The van der Waals surface area contributed by atoms with Crippen LogP contribution < -0.4 is 10.6 Å². The van der Waals surface area contributed by atoms with Crippen LogP contribution in [0.15, 0.2) is 24.3 Å². The summed E-state index contributed by atoms with van der Waals surface area (Å²) < 4.78 is 0. The van der Waals surface area contributed by atoms with E-state index in [4.69, 9.17) is 0 Å². The van der Waals surface area contributed by atoms with Crippen LogP contribution in [-0.2, 0) is 11.2 Å². The smallest absolute Gasteiger partial charge is 0.321 e. The molecule has 2 aromatic rings. The Morgan fingerprint density at radius 3 is 2.82 bits per heavy atom. The van der Waals surface area contributed by atoms with Crippen molar-refractivity contribution >= 4 is 28.4 Å². The molecule has 6 nitrogen and oxygen atoms in total. The van der Waals surface area contributed by atoms with Crippen molar-refractivity contribution in [1.82, 2.24) is 15.2 Å². The number of anilines is 1. The summed E-state index contributed by atoms with van der Waals surface area (Å²) in [5.74, 6) is 0.0512. The van der Waals surface area contributed by atoms with E-state index < -0.39 is 6.04 Å². The molecule has 1 aliphatic heterocycles. The van der Waals surface area contributed by atoms with Gasteiger partial charge in [-0.25, -0.2) is 9.78 Å². The molecule has 7 heteroatoms. The lowest BCUT2D eigenvalue weighted by atomic mass is 9.92. The molecule has 1 saturated carbocycles. The van der Waals surface area contributed by atoms with E-state index in [1.54, 1.807) is 0 Å². The van der Waals surface area contributed by atoms with Gasteiger partial charge in [0.1, 0.15) is 6.04 Å². The van der Waals surface area contributed by atoms with E-state index in [1.807, 2.05) is 11.8 Å². The molecule has 0 spiro atoms. The molecule has 28 heavy (non-hydrogen) atoms. The number of benzene rings is 1. The first-order valence-electron chi connectivity index (χ1n) is 9.89. The number of carbonyl (C=O) groups excluding carboxylic acids is 2. The van der Waals surface area contributed by atoms with Crippen LogP contribution in [0.25, 0.3) is 0 Å². The molecule has 2 heterocycles. The highest BCUT2D eigenvalue weighted by atomic mass is 32.1. The number of aromatic nitrogens is 1. The van der Waals surface area contributed by atoms with Crippen molar-refractivity contribution < 1.29 is 9.59 Å². The Morgan fingerprint density at radius 2 is 2.11 bits per heavy atom. The second kappa shape index (κ2) is 7.91. The number of thiazole rings is 1. The summed E-state index contributed by atoms with van der Waals surface area (Å²) >= 11 is 1.49. The summed E-state index contributed by atoms with van der Waals surface area (Å²) in [5, 5.41) is 6.20. The summed E-state index contributed by atoms with van der Waals surface area (Å²) in [4.78, 5) is 32.4. The number of hydrogen-bond acceptors (Lipinski definition) is 4. The van der Waals surface area contributed by atoms with Gasteiger partial charge in [0.05, 0.1) is 5.69 Å². The maximum Gasteiger partial charge on any atom is 0.321 e. The van der Waals surface area contributed by atoms with Gasteiger partial charge in [0.25, 0.3) is 0 Å². The minimum Gasteiger partial charge on any atom is -0.338 e. The Labute approximate surface area is 169 Å². The quantitative estimate of drug-likeness (QED) is 0.808. The second-order valence-electron chi connectivity index (χ2n) is 7.75. The molecule has 1 aromatic carbocycles. The van der Waals surface area contributed by atoms with Crippen LogP contribution in [0.2, 0.25) is 0 Å². The van der Waals surface area contributed by atoms with Crippen molar-refractivity contribution in [3.8, 4) is 0 Å². The minimum atomic E-state index is -0.423. The number of hydrogen-bond donors (Lipinski definition) is 2. The number of carbonyl (C=O) groups is 2. The van der Waals surface area contributed by atoms with Crippen LogP contribution in [0.1, 0.15) is 47.4 Å². The third kappa shape index (κ3) is 4.04. The normalized spacial score (nSPS) is 19.6. The zero-order valence-electron chi connectivity index (χ0n) is 16.3. The molecular formula is C21H26N4O2S. The fourth-order valence-electron chi connectivity index (χ4n) is 3.84. The summed E-state index contributed by atoms with van der Waals surface area (Å²) in [7, 11) is 0. The molecule has 1 atom stereocenters. The average molecular weight is 399 g/mol. The van der Waals surface area contributed by atoms with E-state index >= 15 is 0 Å². The van der Waals surface area contributed by atoms with Crippen LogP contribution in [0, 0.1) is 13.8 Å². The van der Waals surface area contributed by atoms with Crippen LogP contribution in [0.4, 0.5) is 9.93 Å². The maximum atomic E-state index is 12.5. The van der Waals surface area contributed by atoms with Gasteiger partial charge in [-0.15, -0.1) is 11.3 Å². The van der Waals surface area contributed by atoms with Gasteiger partial charge in [0.15, 0.2) is 5.13 Å². The highest BCUT2D eigenvalue weighted by molar-refractivity contribution is 7.15. The van der Waals surface area contributed by atoms with Crippen LogP contribution >= 0.6 is 11.3 Å². The Kier molecular flexibility index (Phi) is 5.35. The first-order valence-corrected chi connectivity index (χ1v) is 10.7. The molecule has 0 bridgehead atoms. The summed E-state index contributed by atoms with van der Waals surface area (Å²) in [6.45, 7) is 4.78. The van der Waals surface area contributed by atoms with Crippen LogP contribution in [0.3, 0.4) is 0 Å². The van der Waals surface area contributed by atoms with Crippen molar-refractivity contribution in [2.24, 2.45) is 0 Å². The Bertz CT molecular complexity index is 890. The van der Waals surface area contributed by atoms with E-state index in [9.17, 15) is 9.59 Å². The zero-order chi connectivity index (χ0) is 19.7. The first-order chi connectivity index (χ1) is 13.5. The highest BCUT2D eigenvalue weighted by Gasteiger charge is 2.38. The third-order valence-corrected chi connectivity index (χ3v) is 6.69. The topological polar surface area (TPSA) is 74.3 Å². The van der Waals surface area contributed by atoms with Crippen molar-refractivity contribution in [3.63, 3.8) is 0 Å². The van der Waals surface area contributed by atoms with Gasteiger partial charge in [-0.05, 0) is 45.1 Å². The van der Waals surface area contributed by atoms with E-state index in [2.05, 4.69) is 46.8 Å². The van der Waals surface area contributed by atoms with Gasteiger partial charge >= 0.3 is 6.03 Å². The SMILES string of the molecule is Cc1cccc(Cc2sc(NC(=O)NC3CCN(C4CCC4)C3=O)nc2C)c1. The van der Waals surface area contributed by atoms with Crippen molar-refractivity contribution in [1.29, 1.82) is 0 Å². The molecule has 1 aliphatic carbocycles. The lowest BCUT2D eigenvalue weighted by Crippen LogP contribution is -2.47. The molecule has 2 N–H and O–H groups in total. The van der Waals surface area contributed by atoms with Crippen molar-refractivity contribution in [3.05, 3.63) is 46.0 Å². The summed E-state index contributed by atoms with van der Waals surface area (Å²) in [6, 6.07) is 8.01. The van der Waals surface area contributed by atoms with Gasteiger partial charge in [0.2, 0.25) is 5.91 Å². The minimum absolute atomic E-state index is 0.0512. The van der Waals surface area contributed by atoms with Crippen molar-refractivity contribution in [2.75, 3.05) is 11.9 Å². The second-order valence-corrected chi connectivity index (χ2v) is 8.83. The highest BCUT2D eigenvalue weighted by Crippen LogP contribution is 2.29.